The zero-order valence-electron chi connectivity index (χ0n) is 14.8. The van der Waals surface area contributed by atoms with Crippen molar-refractivity contribution in [2.45, 2.75) is 25.3 Å². The molecule has 0 saturated carbocycles. The van der Waals surface area contributed by atoms with Crippen LogP contribution in [0.2, 0.25) is 0 Å². The molecule has 0 aliphatic heterocycles. The van der Waals surface area contributed by atoms with E-state index in [1.54, 1.807) is 6.20 Å². The molecule has 0 unspecified atom stereocenters. The number of hydrogen-bond acceptors (Lipinski definition) is 5. The van der Waals surface area contributed by atoms with E-state index in [0.717, 1.165) is 22.7 Å². The summed E-state index contributed by atoms with van der Waals surface area (Å²) in [6, 6.07) is 10.9. The number of aromatic nitrogens is 2. The maximum Gasteiger partial charge on any atom is 0.257 e. The molecule has 2 heterocycles. The molecule has 0 spiro atoms. The van der Waals surface area contributed by atoms with Crippen LogP contribution in [0.3, 0.4) is 0 Å². The number of rotatable bonds is 5. The highest BCUT2D eigenvalue weighted by atomic mass is 32.1. The third-order valence-corrected chi connectivity index (χ3v) is 5.58. The maximum absolute atomic E-state index is 13.0. The van der Waals surface area contributed by atoms with Gasteiger partial charge in [-0.15, -0.1) is 11.3 Å². The average Bonchev–Trinajstić information content (AvgIpc) is 3.27. The quantitative estimate of drug-likeness (QED) is 0.693. The van der Waals surface area contributed by atoms with Crippen molar-refractivity contribution in [1.29, 1.82) is 0 Å². The van der Waals surface area contributed by atoms with E-state index in [0.29, 0.717) is 23.7 Å². The monoisotopic (exact) mass is 396 g/mol. The summed E-state index contributed by atoms with van der Waals surface area (Å²) in [5.74, 6) is -1.18. The Morgan fingerprint density at radius 1 is 1.18 bits per heavy atom. The molecular weight excluding hydrogens is 379 g/mol. The van der Waals surface area contributed by atoms with Gasteiger partial charge in [0.25, 0.3) is 5.91 Å². The fourth-order valence-corrected chi connectivity index (χ4v) is 4.14. The number of aryl methyl sites for hydroxylation is 1. The molecule has 142 valence electrons. The number of amides is 2. The van der Waals surface area contributed by atoms with Crippen molar-refractivity contribution in [3.63, 3.8) is 0 Å². The zero-order valence-corrected chi connectivity index (χ0v) is 15.6. The van der Waals surface area contributed by atoms with Gasteiger partial charge in [0.15, 0.2) is 5.13 Å². The van der Waals surface area contributed by atoms with Crippen LogP contribution in [0, 0.1) is 5.82 Å². The molecule has 2 aromatic heterocycles. The highest BCUT2D eigenvalue weighted by Gasteiger charge is 2.32. The Bertz CT molecular complexity index is 1000. The highest BCUT2D eigenvalue weighted by molar-refractivity contribution is 7.16. The summed E-state index contributed by atoms with van der Waals surface area (Å²) < 4.78 is 13.0. The minimum Gasteiger partial charge on any atom is -0.350 e. The van der Waals surface area contributed by atoms with Crippen molar-refractivity contribution in [2.24, 2.45) is 0 Å². The number of fused-ring (bicyclic) bond motifs is 1. The van der Waals surface area contributed by atoms with E-state index in [2.05, 4.69) is 20.6 Å². The van der Waals surface area contributed by atoms with E-state index in [-0.39, 0.29) is 17.7 Å². The number of benzene rings is 1. The molecule has 28 heavy (non-hydrogen) atoms. The topological polar surface area (TPSA) is 84.0 Å². The Labute approximate surface area is 164 Å². The van der Waals surface area contributed by atoms with Crippen LogP contribution in [-0.4, -0.2) is 21.8 Å². The number of nitrogens with one attached hydrogen (secondary N) is 2. The summed E-state index contributed by atoms with van der Waals surface area (Å²) >= 11 is 1.37. The molecule has 1 atom stereocenters. The molecular formula is C20H17FN4O2S. The van der Waals surface area contributed by atoms with Gasteiger partial charge in [-0.25, -0.2) is 9.37 Å². The first kappa shape index (κ1) is 18.2. The van der Waals surface area contributed by atoms with E-state index in [1.165, 1.54) is 35.6 Å². The molecule has 1 aliphatic rings. The van der Waals surface area contributed by atoms with Crippen LogP contribution in [0.1, 0.15) is 39.0 Å². The van der Waals surface area contributed by atoms with Crippen LogP contribution >= 0.6 is 11.3 Å². The second-order valence-electron chi connectivity index (χ2n) is 6.42. The van der Waals surface area contributed by atoms with Gasteiger partial charge < -0.3 is 5.32 Å². The summed E-state index contributed by atoms with van der Waals surface area (Å²) in [6.07, 6.45) is 3.14. The second kappa shape index (κ2) is 7.85. The second-order valence-corrected chi connectivity index (χ2v) is 7.50. The van der Waals surface area contributed by atoms with Gasteiger partial charge in [-0.1, -0.05) is 6.07 Å². The molecule has 2 amide bonds. The molecule has 8 heteroatoms. The number of carbonyl (C=O) groups excluding carboxylic acids is 2. The first-order valence-corrected chi connectivity index (χ1v) is 9.66. The average molecular weight is 396 g/mol. The summed E-state index contributed by atoms with van der Waals surface area (Å²) in [4.78, 5) is 34.5. The lowest BCUT2D eigenvalue weighted by atomic mass is 10.1. The predicted octanol–water partition coefficient (Wildman–Crippen LogP) is 3.28. The van der Waals surface area contributed by atoms with Crippen molar-refractivity contribution in [3.05, 3.63) is 76.3 Å². The van der Waals surface area contributed by atoms with E-state index >= 15 is 0 Å². The van der Waals surface area contributed by atoms with E-state index in [1.807, 2.05) is 18.2 Å². The van der Waals surface area contributed by atoms with Crippen molar-refractivity contribution >= 4 is 28.3 Å². The molecule has 1 aromatic carbocycles. The summed E-state index contributed by atoms with van der Waals surface area (Å²) in [6.45, 7) is 0.365. The Balaban J connectivity index is 1.41. The summed E-state index contributed by atoms with van der Waals surface area (Å²) in [7, 11) is 0. The summed E-state index contributed by atoms with van der Waals surface area (Å²) in [5.41, 5.74) is 1.86. The standard InChI is InChI=1S/C20H17FN4O2S/c21-13-6-4-12(5-7-13)18(26)25-20-24-17-15(8-9-16(17)28-20)19(27)23-11-14-3-1-2-10-22-14/h1-7,10,15H,8-9,11H2,(H,23,27)(H,24,25,26)/t15-/m1/s1. The third kappa shape index (κ3) is 3.91. The molecule has 0 radical (unpaired) electrons. The largest absolute Gasteiger partial charge is 0.350 e. The molecule has 2 N–H and O–H groups in total. The van der Waals surface area contributed by atoms with Crippen LogP contribution < -0.4 is 10.6 Å². The number of anilines is 1. The van der Waals surface area contributed by atoms with Crippen molar-refractivity contribution in [3.8, 4) is 0 Å². The molecule has 0 bridgehead atoms. The molecule has 6 nitrogen and oxygen atoms in total. The van der Waals surface area contributed by atoms with E-state index < -0.39 is 5.82 Å². The number of thiazole rings is 1. The van der Waals surface area contributed by atoms with Crippen molar-refractivity contribution < 1.29 is 14.0 Å². The first-order chi connectivity index (χ1) is 13.6. The van der Waals surface area contributed by atoms with Gasteiger partial charge in [0.1, 0.15) is 5.82 Å². The molecule has 3 aromatic rings. The van der Waals surface area contributed by atoms with Gasteiger partial charge >= 0.3 is 0 Å². The van der Waals surface area contributed by atoms with Gasteiger partial charge in [-0.05, 0) is 49.2 Å². The lowest BCUT2D eigenvalue weighted by molar-refractivity contribution is -0.122. The lowest BCUT2D eigenvalue weighted by Gasteiger charge is -2.10. The van der Waals surface area contributed by atoms with E-state index in [9.17, 15) is 14.0 Å². The van der Waals surface area contributed by atoms with Crippen LogP contribution in [0.4, 0.5) is 9.52 Å². The fraction of sp³-hybridized carbons (Fsp3) is 0.200. The molecule has 1 aliphatic carbocycles. The Kier molecular flexibility index (Phi) is 5.12. The first-order valence-electron chi connectivity index (χ1n) is 8.84. The maximum atomic E-state index is 13.0. The Morgan fingerprint density at radius 3 is 2.75 bits per heavy atom. The number of pyridine rings is 1. The minimum atomic E-state index is -0.399. The van der Waals surface area contributed by atoms with Gasteiger partial charge in [0, 0.05) is 16.6 Å². The Morgan fingerprint density at radius 2 is 2.00 bits per heavy atom. The fourth-order valence-electron chi connectivity index (χ4n) is 3.11. The van der Waals surface area contributed by atoms with Gasteiger partial charge in [-0.2, -0.15) is 0 Å². The van der Waals surface area contributed by atoms with Crippen molar-refractivity contribution in [1.82, 2.24) is 15.3 Å². The SMILES string of the molecule is O=C(Nc1nc2c(s1)CC[C@H]2C(=O)NCc1ccccn1)c1ccc(F)cc1. The molecule has 4 rings (SSSR count). The van der Waals surface area contributed by atoms with Crippen molar-refractivity contribution in [2.75, 3.05) is 5.32 Å². The number of nitrogens with zero attached hydrogens (tertiary/aromatic N) is 2. The molecule has 0 fully saturated rings. The van der Waals surface area contributed by atoms with Crippen LogP contribution in [0.15, 0.2) is 48.7 Å². The predicted molar refractivity (Wildman–Crippen MR) is 104 cm³/mol. The van der Waals surface area contributed by atoms with Crippen LogP contribution in [0.25, 0.3) is 0 Å². The van der Waals surface area contributed by atoms with Crippen LogP contribution in [0.5, 0.6) is 0 Å². The minimum absolute atomic E-state index is 0.0916. The van der Waals surface area contributed by atoms with Gasteiger partial charge in [0.05, 0.1) is 23.9 Å². The number of carbonyl (C=O) groups is 2. The van der Waals surface area contributed by atoms with Gasteiger partial charge in [-0.3, -0.25) is 19.9 Å². The van der Waals surface area contributed by atoms with Gasteiger partial charge in [0.2, 0.25) is 5.91 Å². The normalized spacial score (nSPS) is 15.1. The smallest absolute Gasteiger partial charge is 0.257 e. The number of hydrogen-bond donors (Lipinski definition) is 2. The molecule has 0 saturated heterocycles. The van der Waals surface area contributed by atoms with Crippen LogP contribution in [-0.2, 0) is 17.8 Å². The Hall–Kier alpha value is -3.13. The third-order valence-electron chi connectivity index (χ3n) is 4.53. The summed E-state index contributed by atoms with van der Waals surface area (Å²) in [5, 5.41) is 6.08. The highest BCUT2D eigenvalue weighted by Crippen LogP contribution is 2.38. The number of halogens is 1. The zero-order chi connectivity index (χ0) is 19.5. The lowest BCUT2D eigenvalue weighted by Crippen LogP contribution is -2.28. The van der Waals surface area contributed by atoms with E-state index in [4.69, 9.17) is 0 Å².